The number of nitrogens with zero attached hydrogens (tertiary/aromatic N) is 2. The van der Waals surface area contributed by atoms with Crippen molar-refractivity contribution in [1.29, 1.82) is 0 Å². The van der Waals surface area contributed by atoms with Gasteiger partial charge in [0.2, 0.25) is 0 Å². The van der Waals surface area contributed by atoms with Crippen LogP contribution in [0.4, 0.5) is 30.6 Å². The third-order valence-electron chi connectivity index (χ3n) is 6.19. The number of aromatic nitrogens is 2. The number of morpholine rings is 1. The van der Waals surface area contributed by atoms with Crippen molar-refractivity contribution < 1.29 is 18.3 Å². The van der Waals surface area contributed by atoms with Gasteiger partial charge in [0.25, 0.3) is 0 Å². The summed E-state index contributed by atoms with van der Waals surface area (Å²) < 4.78 is 32.0. The molecule has 0 bridgehead atoms. The summed E-state index contributed by atoms with van der Waals surface area (Å²) in [5.41, 5.74) is 6.28. The molecule has 2 heterocycles. The van der Waals surface area contributed by atoms with Crippen LogP contribution in [0.1, 0.15) is 23.2 Å². The highest BCUT2D eigenvalue weighted by atomic mass is 19.2. The number of ether oxygens (including phenoxy) is 1. The Morgan fingerprint density at radius 2 is 1.89 bits per heavy atom. The van der Waals surface area contributed by atoms with Gasteiger partial charge in [-0.3, -0.25) is 10.00 Å². The van der Waals surface area contributed by atoms with Gasteiger partial charge >= 0.3 is 6.03 Å². The summed E-state index contributed by atoms with van der Waals surface area (Å²) in [5, 5.41) is 15.6. The fourth-order valence-electron chi connectivity index (χ4n) is 4.14. The molecular weight excluding hydrogens is 466 g/mol. The second kappa shape index (κ2) is 10.9. The normalized spacial score (nSPS) is 15.3. The van der Waals surface area contributed by atoms with Crippen molar-refractivity contribution in [3.8, 4) is 0 Å². The number of allylic oxidation sites excluding steroid dienone is 2. The first kappa shape index (κ1) is 24.0. The number of hydrogen-bond donors (Lipinski definition) is 4. The Kier molecular flexibility index (Phi) is 7.24. The number of carbonyl (C=O) groups is 1. The predicted octanol–water partition coefficient (Wildman–Crippen LogP) is 4.65. The van der Waals surface area contributed by atoms with Crippen LogP contribution in [-0.2, 0) is 24.2 Å². The second-order valence-corrected chi connectivity index (χ2v) is 8.95. The summed E-state index contributed by atoms with van der Waals surface area (Å²) >= 11 is 0. The summed E-state index contributed by atoms with van der Waals surface area (Å²) in [6.07, 6.45) is 5.71. The molecule has 1 aliphatic heterocycles. The third kappa shape index (κ3) is 6.27. The molecule has 36 heavy (non-hydrogen) atoms. The average molecular weight is 495 g/mol. The molecule has 2 amide bonds. The Bertz CT molecular complexity index is 1270. The van der Waals surface area contributed by atoms with Crippen LogP contribution in [0.25, 0.3) is 0 Å². The van der Waals surface area contributed by atoms with Crippen molar-refractivity contribution in [3.05, 3.63) is 82.7 Å². The van der Waals surface area contributed by atoms with Crippen LogP contribution < -0.4 is 16.0 Å². The zero-order chi connectivity index (χ0) is 24.9. The average Bonchev–Trinajstić information content (AvgIpc) is 3.58. The molecule has 0 unspecified atom stereocenters. The van der Waals surface area contributed by atoms with Crippen molar-refractivity contribution in [1.82, 2.24) is 15.1 Å². The molecule has 8 nitrogen and oxygen atoms in total. The number of carbonyl (C=O) groups excluding carboxylic acids is 1. The minimum absolute atomic E-state index is 0.144. The number of hydrogen-bond acceptors (Lipinski definition) is 5. The monoisotopic (exact) mass is 494 g/mol. The largest absolute Gasteiger partial charge is 0.379 e. The molecule has 1 fully saturated rings. The maximum atomic E-state index is 13.4. The van der Waals surface area contributed by atoms with Gasteiger partial charge in [0.1, 0.15) is 0 Å². The minimum atomic E-state index is -1.03. The van der Waals surface area contributed by atoms with Gasteiger partial charge in [-0.25, -0.2) is 13.6 Å². The van der Waals surface area contributed by atoms with E-state index in [9.17, 15) is 13.6 Å². The molecule has 5 rings (SSSR count). The summed E-state index contributed by atoms with van der Waals surface area (Å²) in [6, 6.07) is 9.09. The van der Waals surface area contributed by atoms with Crippen LogP contribution in [0.2, 0.25) is 0 Å². The number of urea groups is 1. The topological polar surface area (TPSA) is 94.3 Å². The molecule has 1 saturated heterocycles. The van der Waals surface area contributed by atoms with E-state index in [1.807, 2.05) is 0 Å². The van der Waals surface area contributed by atoms with Crippen LogP contribution >= 0.6 is 0 Å². The zero-order valence-electron chi connectivity index (χ0n) is 19.7. The molecule has 0 atom stereocenters. The number of amides is 2. The van der Waals surface area contributed by atoms with E-state index in [0.717, 1.165) is 63.5 Å². The second-order valence-electron chi connectivity index (χ2n) is 8.95. The SMILES string of the molecule is O=C(Nc1ccc(F)c(F)c1)Nc1cn[nH]c1CNc1ccc(CN2CCOCC2)cc1CC1=CC1. The Morgan fingerprint density at radius 1 is 1.06 bits per heavy atom. The van der Waals surface area contributed by atoms with Gasteiger partial charge in [-0.2, -0.15) is 5.10 Å². The molecule has 2 aromatic carbocycles. The van der Waals surface area contributed by atoms with Crippen LogP contribution in [0.15, 0.2) is 54.2 Å². The Hall–Kier alpha value is -3.76. The maximum Gasteiger partial charge on any atom is 0.323 e. The Labute approximate surface area is 207 Å². The molecule has 1 aliphatic carbocycles. The number of anilines is 3. The van der Waals surface area contributed by atoms with Gasteiger partial charge < -0.3 is 20.7 Å². The molecule has 1 aromatic heterocycles. The van der Waals surface area contributed by atoms with E-state index in [-0.39, 0.29) is 5.69 Å². The van der Waals surface area contributed by atoms with E-state index >= 15 is 0 Å². The molecule has 0 radical (unpaired) electrons. The molecule has 2 aliphatic rings. The van der Waals surface area contributed by atoms with E-state index < -0.39 is 17.7 Å². The number of benzene rings is 2. The molecule has 188 valence electrons. The lowest BCUT2D eigenvalue weighted by atomic mass is 10.0. The molecule has 4 N–H and O–H groups in total. The quantitative estimate of drug-likeness (QED) is 0.325. The zero-order valence-corrected chi connectivity index (χ0v) is 19.7. The highest BCUT2D eigenvalue weighted by Crippen LogP contribution is 2.29. The van der Waals surface area contributed by atoms with Crippen LogP contribution in [0.3, 0.4) is 0 Å². The lowest BCUT2D eigenvalue weighted by Crippen LogP contribution is -2.35. The standard InChI is InChI=1S/C26H28F2N6O2/c27-21-5-4-20(13-22(21)28)31-26(35)32-24-15-30-33-25(24)14-29-23-6-3-18(12-19(23)11-17-1-2-17)16-34-7-9-36-10-8-34/h1,3-6,12-13,15,29H,2,7-11,14,16H2,(H,30,33)(H2,31,32,35). The van der Waals surface area contributed by atoms with Crippen LogP contribution in [0, 0.1) is 11.6 Å². The molecular formula is C26H28F2N6O2. The number of H-pyrrole nitrogens is 1. The molecule has 3 aromatic rings. The Balaban J connectivity index is 1.22. The molecule has 0 spiro atoms. The van der Waals surface area contributed by atoms with Gasteiger partial charge in [0, 0.05) is 37.1 Å². The van der Waals surface area contributed by atoms with Crippen molar-refractivity contribution in [2.75, 3.05) is 42.3 Å². The van der Waals surface area contributed by atoms with E-state index in [1.165, 1.54) is 29.0 Å². The van der Waals surface area contributed by atoms with Gasteiger partial charge in [-0.1, -0.05) is 23.8 Å². The smallest absolute Gasteiger partial charge is 0.323 e. The summed E-state index contributed by atoms with van der Waals surface area (Å²) in [7, 11) is 0. The first-order valence-corrected chi connectivity index (χ1v) is 11.9. The number of halogens is 2. The molecule has 10 heteroatoms. The fourth-order valence-corrected chi connectivity index (χ4v) is 4.14. The lowest BCUT2D eigenvalue weighted by molar-refractivity contribution is 0.0342. The van der Waals surface area contributed by atoms with Crippen LogP contribution in [0.5, 0.6) is 0 Å². The highest BCUT2D eigenvalue weighted by molar-refractivity contribution is 6.00. The number of nitrogens with one attached hydrogen (secondary N) is 4. The molecule has 0 saturated carbocycles. The lowest BCUT2D eigenvalue weighted by Gasteiger charge is -2.27. The van der Waals surface area contributed by atoms with Crippen LogP contribution in [-0.4, -0.2) is 47.4 Å². The summed E-state index contributed by atoms with van der Waals surface area (Å²) in [5.74, 6) is -2.01. The van der Waals surface area contributed by atoms with E-state index in [2.05, 4.69) is 55.3 Å². The van der Waals surface area contributed by atoms with Gasteiger partial charge in [0.15, 0.2) is 11.6 Å². The van der Waals surface area contributed by atoms with Crippen molar-refractivity contribution in [2.24, 2.45) is 0 Å². The minimum Gasteiger partial charge on any atom is -0.379 e. The van der Waals surface area contributed by atoms with E-state index in [0.29, 0.717) is 17.9 Å². The number of rotatable bonds is 9. The predicted molar refractivity (Wildman–Crippen MR) is 134 cm³/mol. The first-order chi connectivity index (χ1) is 17.5. The van der Waals surface area contributed by atoms with Gasteiger partial charge in [-0.05, 0) is 42.2 Å². The van der Waals surface area contributed by atoms with Gasteiger partial charge in [-0.15, -0.1) is 0 Å². The summed E-state index contributed by atoms with van der Waals surface area (Å²) in [6.45, 7) is 4.75. The number of aromatic amines is 1. The third-order valence-corrected chi connectivity index (χ3v) is 6.19. The van der Waals surface area contributed by atoms with Crippen molar-refractivity contribution >= 4 is 23.1 Å². The van der Waals surface area contributed by atoms with Crippen molar-refractivity contribution in [2.45, 2.75) is 25.9 Å². The maximum absolute atomic E-state index is 13.4. The first-order valence-electron chi connectivity index (χ1n) is 11.9. The van der Waals surface area contributed by atoms with E-state index in [4.69, 9.17) is 4.74 Å². The Morgan fingerprint density at radius 3 is 2.67 bits per heavy atom. The van der Waals surface area contributed by atoms with E-state index in [1.54, 1.807) is 0 Å². The highest BCUT2D eigenvalue weighted by Gasteiger charge is 2.16. The van der Waals surface area contributed by atoms with Gasteiger partial charge in [0.05, 0.1) is 37.3 Å². The summed E-state index contributed by atoms with van der Waals surface area (Å²) in [4.78, 5) is 14.8. The fraction of sp³-hybridized carbons (Fsp3) is 0.308. The van der Waals surface area contributed by atoms with Crippen molar-refractivity contribution in [3.63, 3.8) is 0 Å².